The molecule has 1 aliphatic rings. The van der Waals surface area contributed by atoms with E-state index in [1.165, 1.54) is 4.90 Å². The summed E-state index contributed by atoms with van der Waals surface area (Å²) in [6.45, 7) is 3.99. The maximum atomic E-state index is 11.9. The Morgan fingerprint density at radius 2 is 2.29 bits per heavy atom. The van der Waals surface area contributed by atoms with Gasteiger partial charge in [-0.15, -0.1) is 11.3 Å². The molecule has 21 heavy (non-hydrogen) atoms. The summed E-state index contributed by atoms with van der Waals surface area (Å²) in [6.07, 6.45) is 0. The van der Waals surface area contributed by atoms with Gasteiger partial charge in [-0.05, 0) is 32.0 Å². The van der Waals surface area contributed by atoms with Crippen LogP contribution in [0.3, 0.4) is 0 Å². The number of benzene rings is 1. The van der Waals surface area contributed by atoms with Gasteiger partial charge in [-0.3, -0.25) is 9.69 Å². The summed E-state index contributed by atoms with van der Waals surface area (Å²) in [6, 6.07) is 7.65. The highest BCUT2D eigenvalue weighted by Crippen LogP contribution is 2.37. The van der Waals surface area contributed by atoms with Crippen LogP contribution in [0.4, 0.5) is 5.69 Å². The van der Waals surface area contributed by atoms with Gasteiger partial charge in [-0.2, -0.15) is 5.26 Å². The summed E-state index contributed by atoms with van der Waals surface area (Å²) in [5.41, 5.74) is 2.47. The molecule has 0 atom stereocenters. The summed E-state index contributed by atoms with van der Waals surface area (Å²) >= 11 is 1.64. The minimum absolute atomic E-state index is 0.0215. The van der Waals surface area contributed by atoms with Crippen LogP contribution in [0.2, 0.25) is 0 Å². The van der Waals surface area contributed by atoms with Crippen molar-refractivity contribution in [2.45, 2.75) is 13.8 Å². The van der Waals surface area contributed by atoms with Gasteiger partial charge < -0.3 is 4.74 Å². The second kappa shape index (κ2) is 5.19. The van der Waals surface area contributed by atoms with Gasteiger partial charge in [0.05, 0.1) is 22.5 Å². The molecule has 5 nitrogen and oxygen atoms in total. The number of thiazole rings is 1. The van der Waals surface area contributed by atoms with Crippen molar-refractivity contribution in [3.8, 4) is 23.1 Å². The highest BCUT2D eigenvalue weighted by Gasteiger charge is 2.26. The predicted octanol–water partition coefficient (Wildman–Crippen LogP) is 2.68. The molecule has 1 aliphatic heterocycles. The maximum absolute atomic E-state index is 11.9. The quantitative estimate of drug-likeness (QED) is 0.800. The van der Waals surface area contributed by atoms with E-state index in [1.807, 2.05) is 38.1 Å². The first kappa shape index (κ1) is 13.6. The molecule has 3 rings (SSSR count). The van der Waals surface area contributed by atoms with Crippen molar-refractivity contribution >= 4 is 22.9 Å². The topological polar surface area (TPSA) is 66.2 Å². The molecular weight excluding hydrogens is 286 g/mol. The second-order valence-corrected chi connectivity index (χ2v) is 6.15. The number of hydrogen-bond donors (Lipinski definition) is 0. The van der Waals surface area contributed by atoms with Gasteiger partial charge in [0.15, 0.2) is 6.61 Å². The van der Waals surface area contributed by atoms with E-state index in [2.05, 4.69) is 4.98 Å². The molecule has 2 aromatic rings. The molecule has 106 valence electrons. The van der Waals surface area contributed by atoms with Crippen molar-refractivity contribution in [1.29, 1.82) is 5.26 Å². The number of hydrogen-bond acceptors (Lipinski definition) is 5. The fraction of sp³-hybridized carbons (Fsp3) is 0.267. The van der Waals surface area contributed by atoms with Crippen LogP contribution in [0.5, 0.6) is 5.75 Å². The zero-order chi connectivity index (χ0) is 15.0. The minimum Gasteiger partial charge on any atom is -0.482 e. The van der Waals surface area contributed by atoms with Crippen LogP contribution in [0, 0.1) is 25.2 Å². The van der Waals surface area contributed by atoms with Gasteiger partial charge >= 0.3 is 0 Å². The van der Waals surface area contributed by atoms with Gasteiger partial charge in [0, 0.05) is 10.4 Å². The number of carbonyl (C=O) groups excluding carboxylic acids is 1. The lowest BCUT2D eigenvalue weighted by Gasteiger charge is -2.27. The number of aromatic nitrogens is 1. The van der Waals surface area contributed by atoms with Gasteiger partial charge in [0.1, 0.15) is 12.3 Å². The summed E-state index contributed by atoms with van der Waals surface area (Å²) < 4.78 is 5.42. The van der Waals surface area contributed by atoms with E-state index in [9.17, 15) is 4.79 Å². The molecule has 0 saturated carbocycles. The van der Waals surface area contributed by atoms with Crippen LogP contribution in [-0.2, 0) is 4.79 Å². The first-order valence-corrected chi connectivity index (χ1v) is 7.30. The largest absolute Gasteiger partial charge is 0.482 e. The van der Waals surface area contributed by atoms with E-state index in [-0.39, 0.29) is 19.1 Å². The average molecular weight is 299 g/mol. The van der Waals surface area contributed by atoms with E-state index >= 15 is 0 Å². The monoisotopic (exact) mass is 299 g/mol. The Labute approximate surface area is 126 Å². The van der Waals surface area contributed by atoms with Crippen molar-refractivity contribution in [1.82, 2.24) is 4.98 Å². The number of nitrogens with zero attached hydrogens (tertiary/aromatic N) is 3. The number of rotatable bonds is 2. The number of amides is 1. The summed E-state index contributed by atoms with van der Waals surface area (Å²) in [5.74, 6) is 0.422. The third kappa shape index (κ3) is 2.36. The number of fused-ring (bicyclic) bond motifs is 1. The van der Waals surface area contributed by atoms with Crippen LogP contribution in [0.25, 0.3) is 11.3 Å². The highest BCUT2D eigenvalue weighted by molar-refractivity contribution is 7.11. The maximum Gasteiger partial charge on any atom is 0.265 e. The molecule has 1 aromatic heterocycles. The molecule has 0 bridgehead atoms. The lowest BCUT2D eigenvalue weighted by molar-refractivity contribution is -0.121. The third-order valence-electron chi connectivity index (χ3n) is 3.31. The van der Waals surface area contributed by atoms with Gasteiger partial charge in [0.2, 0.25) is 0 Å². The van der Waals surface area contributed by atoms with Gasteiger partial charge in [0.25, 0.3) is 5.91 Å². The molecule has 0 aliphatic carbocycles. The number of ether oxygens (including phenoxy) is 1. The number of anilines is 1. The Hall–Kier alpha value is -2.39. The molecule has 1 amide bonds. The van der Waals surface area contributed by atoms with Gasteiger partial charge in [-0.1, -0.05) is 0 Å². The molecule has 0 fully saturated rings. The van der Waals surface area contributed by atoms with Crippen molar-refractivity contribution < 1.29 is 9.53 Å². The fourth-order valence-corrected chi connectivity index (χ4v) is 3.23. The van der Waals surface area contributed by atoms with E-state index < -0.39 is 0 Å². The predicted molar refractivity (Wildman–Crippen MR) is 80.5 cm³/mol. The molecule has 0 unspecified atom stereocenters. The number of aryl methyl sites for hydroxylation is 2. The van der Waals surface area contributed by atoms with Crippen molar-refractivity contribution in [2.24, 2.45) is 0 Å². The zero-order valence-electron chi connectivity index (χ0n) is 11.7. The lowest BCUT2D eigenvalue weighted by Crippen LogP contribution is -2.39. The minimum atomic E-state index is -0.201. The zero-order valence-corrected chi connectivity index (χ0v) is 12.5. The first-order chi connectivity index (χ1) is 10.1. The molecule has 0 spiro atoms. The molecule has 6 heteroatoms. The van der Waals surface area contributed by atoms with Gasteiger partial charge in [-0.25, -0.2) is 4.98 Å². The normalized spacial score (nSPS) is 13.6. The van der Waals surface area contributed by atoms with E-state index in [0.717, 1.165) is 21.1 Å². The molecule has 1 aromatic carbocycles. The fourth-order valence-electron chi connectivity index (χ4n) is 2.39. The molecule has 0 N–H and O–H groups in total. The molecule has 0 radical (unpaired) electrons. The van der Waals surface area contributed by atoms with Crippen LogP contribution < -0.4 is 9.64 Å². The SMILES string of the molecule is Cc1nc(-c2ccc3c(c2)N(CC#N)C(=O)CO3)c(C)s1. The Kier molecular flexibility index (Phi) is 3.35. The third-order valence-corrected chi connectivity index (χ3v) is 4.19. The summed E-state index contributed by atoms with van der Waals surface area (Å²) in [4.78, 5) is 19.0. The van der Waals surface area contributed by atoms with Crippen LogP contribution in [0.15, 0.2) is 18.2 Å². The molecule has 2 heterocycles. The molecular formula is C15H13N3O2S. The van der Waals surface area contributed by atoms with Crippen LogP contribution in [0.1, 0.15) is 9.88 Å². The van der Waals surface area contributed by atoms with E-state index in [0.29, 0.717) is 11.4 Å². The Morgan fingerprint density at radius 3 is 2.95 bits per heavy atom. The summed E-state index contributed by atoms with van der Waals surface area (Å²) in [5, 5.41) is 9.90. The highest BCUT2D eigenvalue weighted by atomic mass is 32.1. The number of carbonyl (C=O) groups is 1. The molecule has 0 saturated heterocycles. The summed E-state index contributed by atoms with van der Waals surface area (Å²) in [7, 11) is 0. The standard InChI is InChI=1S/C15H13N3O2S/c1-9-15(17-10(2)21-9)11-3-4-13-12(7-11)18(6-5-16)14(19)8-20-13/h3-4,7H,6,8H2,1-2H3. The first-order valence-electron chi connectivity index (χ1n) is 6.48. The average Bonchev–Trinajstić information content (AvgIpc) is 2.80. The van der Waals surface area contributed by atoms with Crippen molar-refractivity contribution in [2.75, 3.05) is 18.1 Å². The van der Waals surface area contributed by atoms with Crippen LogP contribution >= 0.6 is 11.3 Å². The Morgan fingerprint density at radius 1 is 1.48 bits per heavy atom. The van der Waals surface area contributed by atoms with Crippen LogP contribution in [-0.4, -0.2) is 24.0 Å². The van der Waals surface area contributed by atoms with Crippen molar-refractivity contribution in [3.05, 3.63) is 28.1 Å². The number of nitriles is 1. The Bertz CT molecular complexity index is 761. The van der Waals surface area contributed by atoms with Crippen molar-refractivity contribution in [3.63, 3.8) is 0 Å². The van der Waals surface area contributed by atoms with E-state index in [1.54, 1.807) is 11.3 Å². The Balaban J connectivity index is 2.10. The smallest absolute Gasteiger partial charge is 0.265 e. The van der Waals surface area contributed by atoms with E-state index in [4.69, 9.17) is 10.00 Å². The lowest BCUT2D eigenvalue weighted by atomic mass is 10.1. The second-order valence-electron chi connectivity index (χ2n) is 4.75.